The number of carbonyl (C=O) groups excluding carboxylic acids is 1. The Hall–Kier alpha value is -3.46. The van der Waals surface area contributed by atoms with Crippen molar-refractivity contribution in [2.24, 2.45) is 0 Å². The second kappa shape index (κ2) is 8.25. The largest absolute Gasteiger partial charge is 0.497 e. The van der Waals surface area contributed by atoms with Crippen LogP contribution in [0.2, 0.25) is 0 Å². The lowest BCUT2D eigenvalue weighted by Crippen LogP contribution is -2.16. The Labute approximate surface area is 140 Å². The van der Waals surface area contributed by atoms with E-state index >= 15 is 0 Å². The molecule has 2 aromatic rings. The Morgan fingerprint density at radius 3 is 2.71 bits per heavy atom. The van der Waals surface area contributed by atoms with Gasteiger partial charge >= 0.3 is 0 Å². The lowest BCUT2D eigenvalue weighted by molar-refractivity contribution is -0.112. The van der Waals surface area contributed by atoms with E-state index in [4.69, 9.17) is 15.7 Å². The van der Waals surface area contributed by atoms with Crippen molar-refractivity contribution in [2.45, 2.75) is 6.54 Å². The SMILES string of the molecule is COc1cccc(CN/C=C(/C#N)C(=O)Nc2ccc(N)cc2)c1. The number of rotatable bonds is 6. The van der Waals surface area contributed by atoms with Crippen molar-refractivity contribution in [1.29, 1.82) is 5.26 Å². The monoisotopic (exact) mass is 322 g/mol. The maximum Gasteiger partial charge on any atom is 0.267 e. The summed E-state index contributed by atoms with van der Waals surface area (Å²) in [6, 6.07) is 16.1. The molecule has 0 heterocycles. The van der Waals surface area contributed by atoms with E-state index in [9.17, 15) is 4.79 Å². The van der Waals surface area contributed by atoms with Crippen LogP contribution in [0.4, 0.5) is 11.4 Å². The van der Waals surface area contributed by atoms with Gasteiger partial charge in [0.1, 0.15) is 17.4 Å². The van der Waals surface area contributed by atoms with Crippen molar-refractivity contribution >= 4 is 17.3 Å². The lowest BCUT2D eigenvalue weighted by atomic mass is 10.2. The van der Waals surface area contributed by atoms with Crippen molar-refractivity contribution in [2.75, 3.05) is 18.2 Å². The van der Waals surface area contributed by atoms with Crippen molar-refractivity contribution in [3.63, 3.8) is 0 Å². The molecule has 1 amide bonds. The van der Waals surface area contributed by atoms with Gasteiger partial charge in [-0.25, -0.2) is 0 Å². The minimum atomic E-state index is -0.486. The Bertz CT molecular complexity index is 776. The van der Waals surface area contributed by atoms with Crippen molar-refractivity contribution < 1.29 is 9.53 Å². The van der Waals surface area contributed by atoms with Gasteiger partial charge in [0.05, 0.1) is 7.11 Å². The Balaban J connectivity index is 1.96. The molecule has 0 bridgehead atoms. The predicted molar refractivity (Wildman–Crippen MR) is 93.0 cm³/mol. The number of ether oxygens (including phenoxy) is 1. The smallest absolute Gasteiger partial charge is 0.267 e. The molecule has 0 spiro atoms. The summed E-state index contributed by atoms with van der Waals surface area (Å²) in [4.78, 5) is 12.1. The van der Waals surface area contributed by atoms with Crippen LogP contribution in [0.3, 0.4) is 0 Å². The van der Waals surface area contributed by atoms with Crippen LogP contribution < -0.4 is 21.1 Å². The van der Waals surface area contributed by atoms with E-state index in [0.717, 1.165) is 11.3 Å². The number of hydrogen-bond acceptors (Lipinski definition) is 5. The molecule has 0 atom stereocenters. The number of methoxy groups -OCH3 is 1. The van der Waals surface area contributed by atoms with Gasteiger partial charge < -0.3 is 21.1 Å². The number of benzene rings is 2. The first-order valence-corrected chi connectivity index (χ1v) is 7.26. The van der Waals surface area contributed by atoms with E-state index in [0.29, 0.717) is 17.9 Å². The van der Waals surface area contributed by atoms with Crippen LogP contribution in [-0.4, -0.2) is 13.0 Å². The summed E-state index contributed by atoms with van der Waals surface area (Å²) in [5.41, 5.74) is 7.72. The molecule has 0 saturated heterocycles. The van der Waals surface area contributed by atoms with Crippen LogP contribution in [0, 0.1) is 11.3 Å². The topological polar surface area (TPSA) is 100 Å². The molecule has 0 aliphatic carbocycles. The third kappa shape index (κ3) is 4.78. The van der Waals surface area contributed by atoms with Gasteiger partial charge in [0.25, 0.3) is 5.91 Å². The molecule has 4 N–H and O–H groups in total. The lowest BCUT2D eigenvalue weighted by Gasteiger charge is -2.06. The maximum absolute atomic E-state index is 12.1. The standard InChI is InChI=1S/C18H18N4O2/c1-24-17-4-2-3-13(9-17)11-21-12-14(10-19)18(23)22-16-7-5-15(20)6-8-16/h2-9,12,21H,11,20H2,1H3,(H,22,23)/b14-12-. The second-order valence-corrected chi connectivity index (χ2v) is 4.98. The van der Waals surface area contributed by atoms with E-state index in [1.54, 1.807) is 31.4 Å². The quantitative estimate of drug-likeness (QED) is 0.431. The van der Waals surface area contributed by atoms with Crippen LogP contribution in [0.1, 0.15) is 5.56 Å². The zero-order valence-corrected chi connectivity index (χ0v) is 13.2. The number of hydrogen-bond donors (Lipinski definition) is 3. The van der Waals surface area contributed by atoms with Gasteiger partial charge in [-0.05, 0) is 42.0 Å². The minimum Gasteiger partial charge on any atom is -0.497 e. The molecule has 2 aromatic carbocycles. The Kier molecular flexibility index (Phi) is 5.81. The van der Waals surface area contributed by atoms with Crippen LogP contribution in [0.25, 0.3) is 0 Å². The van der Waals surface area contributed by atoms with Crippen LogP contribution in [-0.2, 0) is 11.3 Å². The van der Waals surface area contributed by atoms with Crippen LogP contribution in [0.15, 0.2) is 60.3 Å². The van der Waals surface area contributed by atoms with Crippen molar-refractivity contribution in [3.05, 3.63) is 65.9 Å². The number of nitrogen functional groups attached to an aromatic ring is 1. The molecule has 6 heteroatoms. The third-order valence-corrected chi connectivity index (χ3v) is 3.22. The summed E-state index contributed by atoms with van der Waals surface area (Å²) in [5, 5.41) is 14.7. The second-order valence-electron chi connectivity index (χ2n) is 4.98. The summed E-state index contributed by atoms with van der Waals surface area (Å²) in [5.74, 6) is 0.264. The van der Waals surface area contributed by atoms with E-state index in [1.807, 2.05) is 30.3 Å². The first-order valence-electron chi connectivity index (χ1n) is 7.26. The molecule has 0 aliphatic heterocycles. The average molecular weight is 322 g/mol. The van der Waals surface area contributed by atoms with E-state index in [1.165, 1.54) is 6.20 Å². The molecule has 0 unspecified atom stereocenters. The van der Waals surface area contributed by atoms with Gasteiger partial charge in [-0.1, -0.05) is 12.1 Å². The number of amides is 1. The van der Waals surface area contributed by atoms with Crippen molar-refractivity contribution in [3.8, 4) is 11.8 Å². The van der Waals surface area contributed by atoms with Gasteiger partial charge in [-0.3, -0.25) is 4.79 Å². The maximum atomic E-state index is 12.1. The number of nitrogens with two attached hydrogens (primary N) is 1. The van der Waals surface area contributed by atoms with Gasteiger partial charge in [-0.15, -0.1) is 0 Å². The summed E-state index contributed by atoms with van der Waals surface area (Å²) < 4.78 is 5.15. The van der Waals surface area contributed by atoms with E-state index in [2.05, 4.69) is 10.6 Å². The Morgan fingerprint density at radius 1 is 1.29 bits per heavy atom. The van der Waals surface area contributed by atoms with Gasteiger partial charge in [0.2, 0.25) is 0 Å². The molecule has 24 heavy (non-hydrogen) atoms. The summed E-state index contributed by atoms with van der Waals surface area (Å²) in [6.07, 6.45) is 1.39. The Morgan fingerprint density at radius 2 is 2.04 bits per heavy atom. The molecule has 0 aromatic heterocycles. The highest BCUT2D eigenvalue weighted by atomic mass is 16.5. The normalized spacial score (nSPS) is 10.6. The van der Waals surface area contributed by atoms with Gasteiger partial charge in [0.15, 0.2) is 0 Å². The molecular weight excluding hydrogens is 304 g/mol. The number of nitrogens with one attached hydrogen (secondary N) is 2. The van der Waals surface area contributed by atoms with Gasteiger partial charge in [0, 0.05) is 24.1 Å². The van der Waals surface area contributed by atoms with Crippen LogP contribution in [0.5, 0.6) is 5.75 Å². The zero-order chi connectivity index (χ0) is 17.4. The molecule has 6 nitrogen and oxygen atoms in total. The zero-order valence-electron chi connectivity index (χ0n) is 13.2. The molecule has 0 aliphatic rings. The highest BCUT2D eigenvalue weighted by Crippen LogP contribution is 2.13. The fraction of sp³-hybridized carbons (Fsp3) is 0.111. The number of nitrogens with zero attached hydrogens (tertiary/aromatic N) is 1. The fourth-order valence-electron chi connectivity index (χ4n) is 1.97. The highest BCUT2D eigenvalue weighted by Gasteiger charge is 2.09. The highest BCUT2D eigenvalue weighted by molar-refractivity contribution is 6.06. The molecule has 0 radical (unpaired) electrons. The summed E-state index contributed by atoms with van der Waals surface area (Å²) in [6.45, 7) is 0.470. The van der Waals surface area contributed by atoms with Crippen molar-refractivity contribution in [1.82, 2.24) is 5.32 Å². The van der Waals surface area contributed by atoms with Crippen LogP contribution >= 0.6 is 0 Å². The summed E-state index contributed by atoms with van der Waals surface area (Å²) in [7, 11) is 1.60. The first-order chi connectivity index (χ1) is 11.6. The number of carbonyl (C=O) groups is 1. The molecule has 0 saturated carbocycles. The number of nitriles is 1. The fourth-order valence-corrected chi connectivity index (χ4v) is 1.97. The first kappa shape index (κ1) is 16.9. The molecule has 0 fully saturated rings. The molecular formula is C18H18N4O2. The minimum absolute atomic E-state index is 0.0188. The molecule has 122 valence electrons. The van der Waals surface area contributed by atoms with Gasteiger partial charge in [-0.2, -0.15) is 5.26 Å². The third-order valence-electron chi connectivity index (χ3n) is 3.22. The summed E-state index contributed by atoms with van der Waals surface area (Å²) >= 11 is 0. The predicted octanol–water partition coefficient (Wildman–Crippen LogP) is 2.41. The number of anilines is 2. The molecule has 2 rings (SSSR count). The van der Waals surface area contributed by atoms with E-state index in [-0.39, 0.29) is 5.57 Å². The average Bonchev–Trinajstić information content (AvgIpc) is 2.61. The van der Waals surface area contributed by atoms with E-state index < -0.39 is 5.91 Å².